The molecule has 21 heavy (non-hydrogen) atoms. The van der Waals surface area contributed by atoms with Gasteiger partial charge < -0.3 is 5.32 Å². The lowest BCUT2D eigenvalue weighted by molar-refractivity contribution is 0.252. The van der Waals surface area contributed by atoms with E-state index in [0.717, 1.165) is 21.1 Å². The molecular formula is C15H13N3OS2. The summed E-state index contributed by atoms with van der Waals surface area (Å²) < 4.78 is 0. The molecule has 0 unspecified atom stereocenters. The number of thiophene rings is 2. The number of carbonyl (C=O) groups excluding carboxylic acids is 1. The maximum atomic E-state index is 11.8. The van der Waals surface area contributed by atoms with Crippen molar-refractivity contribution >= 4 is 33.7 Å². The molecule has 0 spiro atoms. The van der Waals surface area contributed by atoms with E-state index in [9.17, 15) is 4.79 Å². The minimum Gasteiger partial charge on any atom is -0.334 e. The van der Waals surface area contributed by atoms with E-state index in [1.807, 2.05) is 47.2 Å². The highest BCUT2D eigenvalue weighted by Gasteiger charge is 2.08. The fourth-order valence-corrected chi connectivity index (χ4v) is 3.27. The largest absolute Gasteiger partial charge is 0.334 e. The highest BCUT2D eigenvalue weighted by atomic mass is 32.1. The van der Waals surface area contributed by atoms with Gasteiger partial charge in [-0.1, -0.05) is 12.1 Å². The number of carbonyl (C=O) groups is 1. The lowest BCUT2D eigenvalue weighted by atomic mass is 10.1. The molecule has 2 amide bonds. The second-order valence-corrected chi connectivity index (χ2v) is 6.17. The van der Waals surface area contributed by atoms with Crippen LogP contribution in [0.2, 0.25) is 0 Å². The second-order valence-electron chi connectivity index (χ2n) is 4.27. The van der Waals surface area contributed by atoms with E-state index in [1.165, 1.54) is 11.3 Å². The molecule has 3 rings (SSSR count). The summed E-state index contributed by atoms with van der Waals surface area (Å²) in [4.78, 5) is 17.4. The molecule has 0 atom stereocenters. The standard InChI is InChI=1S/C15H13N3OS2/c19-15(18-13-6-3-9-21-13)17-10-11-4-1-7-16-14(11)12-5-2-8-20-12/h1-9H,10H2,(H2,17,18,19). The van der Waals surface area contributed by atoms with Crippen LogP contribution in [-0.2, 0) is 6.54 Å². The van der Waals surface area contributed by atoms with Crippen molar-refractivity contribution in [2.24, 2.45) is 0 Å². The molecular weight excluding hydrogens is 302 g/mol. The van der Waals surface area contributed by atoms with E-state index in [0.29, 0.717) is 6.54 Å². The third-order valence-corrected chi connectivity index (χ3v) is 4.51. The van der Waals surface area contributed by atoms with Crippen LogP contribution in [0.15, 0.2) is 53.4 Å². The SMILES string of the molecule is O=C(NCc1cccnc1-c1cccs1)Nc1cccs1. The Bertz CT molecular complexity index is 708. The minimum absolute atomic E-state index is 0.210. The van der Waals surface area contributed by atoms with Gasteiger partial charge in [-0.25, -0.2) is 4.79 Å². The first-order valence-electron chi connectivity index (χ1n) is 6.39. The van der Waals surface area contributed by atoms with Crippen molar-refractivity contribution in [3.63, 3.8) is 0 Å². The quantitative estimate of drug-likeness (QED) is 0.758. The summed E-state index contributed by atoms with van der Waals surface area (Å²) in [5.74, 6) is 0. The van der Waals surface area contributed by atoms with Crippen molar-refractivity contribution in [3.05, 3.63) is 58.9 Å². The normalized spacial score (nSPS) is 10.3. The molecule has 0 bridgehead atoms. The van der Waals surface area contributed by atoms with E-state index in [2.05, 4.69) is 15.6 Å². The molecule has 0 fully saturated rings. The molecule has 0 saturated carbocycles. The number of anilines is 1. The Kier molecular flexibility index (Phi) is 4.28. The van der Waals surface area contributed by atoms with Gasteiger partial charge in [0.05, 0.1) is 15.6 Å². The smallest absolute Gasteiger partial charge is 0.320 e. The number of rotatable bonds is 4. The van der Waals surface area contributed by atoms with Gasteiger partial charge in [-0.2, -0.15) is 0 Å². The number of hydrogen-bond donors (Lipinski definition) is 2. The molecule has 2 N–H and O–H groups in total. The predicted octanol–water partition coefficient (Wildman–Crippen LogP) is 4.19. The van der Waals surface area contributed by atoms with Gasteiger partial charge in [-0.05, 0) is 40.6 Å². The Hall–Kier alpha value is -2.18. The van der Waals surface area contributed by atoms with Gasteiger partial charge >= 0.3 is 6.03 Å². The predicted molar refractivity (Wildman–Crippen MR) is 87.7 cm³/mol. The van der Waals surface area contributed by atoms with Gasteiger partial charge in [0, 0.05) is 12.7 Å². The molecule has 3 aromatic rings. The zero-order valence-electron chi connectivity index (χ0n) is 11.1. The third-order valence-electron chi connectivity index (χ3n) is 2.84. The van der Waals surface area contributed by atoms with Gasteiger partial charge in [0.25, 0.3) is 0 Å². The molecule has 106 valence electrons. The summed E-state index contributed by atoms with van der Waals surface area (Å²) in [5.41, 5.74) is 1.92. The van der Waals surface area contributed by atoms with Crippen LogP contribution in [-0.4, -0.2) is 11.0 Å². The maximum absolute atomic E-state index is 11.8. The monoisotopic (exact) mass is 315 g/mol. The summed E-state index contributed by atoms with van der Waals surface area (Å²) >= 11 is 3.13. The number of nitrogens with one attached hydrogen (secondary N) is 2. The molecule has 0 aliphatic rings. The number of hydrogen-bond acceptors (Lipinski definition) is 4. The number of nitrogens with zero attached hydrogens (tertiary/aromatic N) is 1. The summed E-state index contributed by atoms with van der Waals surface area (Å²) in [7, 11) is 0. The summed E-state index contributed by atoms with van der Waals surface area (Å²) in [6.45, 7) is 0.443. The number of aromatic nitrogens is 1. The van der Waals surface area contributed by atoms with Crippen LogP contribution in [0.4, 0.5) is 9.80 Å². The summed E-state index contributed by atoms with van der Waals surface area (Å²) in [6.07, 6.45) is 1.77. The Morgan fingerprint density at radius 3 is 2.71 bits per heavy atom. The van der Waals surface area contributed by atoms with Gasteiger partial charge in [0.2, 0.25) is 0 Å². The summed E-state index contributed by atoms with van der Waals surface area (Å²) in [5, 5.41) is 10.4. The molecule has 3 aromatic heterocycles. The van der Waals surface area contributed by atoms with E-state index in [1.54, 1.807) is 17.5 Å². The second kappa shape index (κ2) is 6.51. The van der Waals surface area contributed by atoms with Crippen molar-refractivity contribution in [2.75, 3.05) is 5.32 Å². The zero-order chi connectivity index (χ0) is 14.5. The van der Waals surface area contributed by atoms with Crippen LogP contribution < -0.4 is 10.6 Å². The first-order chi connectivity index (χ1) is 10.3. The summed E-state index contributed by atoms with van der Waals surface area (Å²) in [6, 6.07) is 11.4. The molecule has 0 aliphatic carbocycles. The zero-order valence-corrected chi connectivity index (χ0v) is 12.7. The maximum Gasteiger partial charge on any atom is 0.320 e. The molecule has 6 heteroatoms. The third kappa shape index (κ3) is 3.48. The number of urea groups is 1. The minimum atomic E-state index is -0.210. The van der Waals surface area contributed by atoms with Gasteiger partial charge in [-0.3, -0.25) is 10.3 Å². The van der Waals surface area contributed by atoms with E-state index in [-0.39, 0.29) is 6.03 Å². The molecule has 0 aliphatic heterocycles. The molecule has 3 heterocycles. The lowest BCUT2D eigenvalue weighted by Crippen LogP contribution is -2.28. The van der Waals surface area contributed by atoms with Crippen LogP contribution in [0.1, 0.15) is 5.56 Å². The van der Waals surface area contributed by atoms with E-state index < -0.39 is 0 Å². The lowest BCUT2D eigenvalue weighted by Gasteiger charge is -2.09. The Morgan fingerprint density at radius 1 is 1.10 bits per heavy atom. The van der Waals surface area contributed by atoms with Gasteiger partial charge in [0.15, 0.2) is 0 Å². The Balaban J connectivity index is 1.67. The average Bonchev–Trinajstić information content (AvgIpc) is 3.18. The molecule has 0 radical (unpaired) electrons. The van der Waals surface area contributed by atoms with Gasteiger partial charge in [-0.15, -0.1) is 22.7 Å². The highest BCUT2D eigenvalue weighted by molar-refractivity contribution is 7.14. The molecule has 0 saturated heterocycles. The van der Waals surface area contributed by atoms with Gasteiger partial charge in [0.1, 0.15) is 0 Å². The van der Waals surface area contributed by atoms with E-state index in [4.69, 9.17) is 0 Å². The Morgan fingerprint density at radius 2 is 1.95 bits per heavy atom. The first-order valence-corrected chi connectivity index (χ1v) is 8.15. The molecule has 0 aromatic carbocycles. The van der Waals surface area contributed by atoms with Crippen LogP contribution in [0.25, 0.3) is 10.6 Å². The van der Waals surface area contributed by atoms with Crippen LogP contribution in [0, 0.1) is 0 Å². The molecule has 4 nitrogen and oxygen atoms in total. The van der Waals surface area contributed by atoms with Crippen molar-refractivity contribution in [1.82, 2.24) is 10.3 Å². The number of amides is 2. The van der Waals surface area contributed by atoms with Crippen molar-refractivity contribution in [1.29, 1.82) is 0 Å². The average molecular weight is 315 g/mol. The first kappa shape index (κ1) is 13.8. The fourth-order valence-electron chi connectivity index (χ4n) is 1.90. The van der Waals surface area contributed by atoms with Crippen LogP contribution >= 0.6 is 22.7 Å². The van der Waals surface area contributed by atoms with Crippen LogP contribution in [0.5, 0.6) is 0 Å². The van der Waals surface area contributed by atoms with Crippen molar-refractivity contribution in [3.8, 4) is 10.6 Å². The van der Waals surface area contributed by atoms with Crippen molar-refractivity contribution < 1.29 is 4.79 Å². The van der Waals surface area contributed by atoms with Crippen molar-refractivity contribution in [2.45, 2.75) is 6.54 Å². The topological polar surface area (TPSA) is 54.0 Å². The Labute approximate surface area is 130 Å². The fraction of sp³-hybridized carbons (Fsp3) is 0.0667. The van der Waals surface area contributed by atoms with Crippen LogP contribution in [0.3, 0.4) is 0 Å². The highest BCUT2D eigenvalue weighted by Crippen LogP contribution is 2.25. The van der Waals surface area contributed by atoms with E-state index >= 15 is 0 Å². The number of pyridine rings is 1.